The molecule has 34 heavy (non-hydrogen) atoms. The van der Waals surface area contributed by atoms with Crippen LogP contribution in [0.5, 0.6) is 0 Å². The summed E-state index contributed by atoms with van der Waals surface area (Å²) in [6.45, 7) is 6.38. The highest BCUT2D eigenvalue weighted by Crippen LogP contribution is 2.19. The maximum atomic E-state index is 12.8. The van der Waals surface area contributed by atoms with E-state index in [1.165, 1.54) is 16.8 Å². The second-order valence-electron chi connectivity index (χ2n) is 8.12. The largest absolute Gasteiger partial charge is 0.358 e. The molecule has 0 atom stereocenters. The second-order valence-corrected chi connectivity index (χ2v) is 9.80. The molecule has 0 bridgehead atoms. The number of nitrogens with zero attached hydrogens (tertiary/aromatic N) is 6. The number of urea groups is 1. The van der Waals surface area contributed by atoms with Crippen LogP contribution in [0.3, 0.4) is 0 Å². The Balaban J connectivity index is 1.55. The Morgan fingerprint density at radius 2 is 1.71 bits per heavy atom. The molecule has 2 aliphatic heterocycles. The van der Waals surface area contributed by atoms with Gasteiger partial charge in [0, 0.05) is 19.6 Å². The number of amides is 2. The van der Waals surface area contributed by atoms with E-state index in [1.54, 1.807) is 16.7 Å². The maximum Gasteiger partial charge on any atom is 0.358 e. The standard InChI is InChI=1S/C22H24N8O3S/c1-15-3-7-17(8-4-15)30-21(29-14-13-28(22(29)26-30)19-23-11-12-24-19)25-20(31)27-34(32,33)18-9-5-16(2)6-10-18/h3-10H,11-14H2,1-2H3,(H,23,24)(H,27,31)/b25-21+. The molecule has 2 aromatic carbocycles. The number of fused-ring (bicyclic) bond motifs is 1. The van der Waals surface area contributed by atoms with Crippen molar-refractivity contribution in [3.05, 3.63) is 65.3 Å². The number of carbonyl (C=O) groups excluding carboxylic acids is 1. The second kappa shape index (κ2) is 8.45. The van der Waals surface area contributed by atoms with Crippen LogP contribution >= 0.6 is 0 Å². The van der Waals surface area contributed by atoms with Gasteiger partial charge >= 0.3 is 6.03 Å². The molecule has 0 saturated carbocycles. The number of benzene rings is 2. The van der Waals surface area contributed by atoms with Gasteiger partial charge in [-0.15, -0.1) is 5.10 Å². The average molecular weight is 481 g/mol. The highest BCUT2D eigenvalue weighted by Gasteiger charge is 2.30. The van der Waals surface area contributed by atoms with Gasteiger partial charge in [-0.2, -0.15) is 9.67 Å². The number of carbonyl (C=O) groups is 1. The van der Waals surface area contributed by atoms with E-state index in [0.29, 0.717) is 31.3 Å². The first-order valence-electron chi connectivity index (χ1n) is 10.8. The Bertz CT molecular complexity index is 1450. The molecule has 5 rings (SSSR count). The van der Waals surface area contributed by atoms with Crippen molar-refractivity contribution in [2.24, 2.45) is 9.98 Å². The summed E-state index contributed by atoms with van der Waals surface area (Å²) in [5.41, 5.74) is 2.90. The summed E-state index contributed by atoms with van der Waals surface area (Å²) < 4.78 is 30.7. The SMILES string of the molecule is Cc1ccc(-n2nc3n(/c2=N\C(=O)NS(=O)(=O)c2ccc(C)cc2)CCN3C2=NCCN2)cc1. The molecule has 0 saturated heterocycles. The molecule has 3 heterocycles. The smallest absolute Gasteiger partial charge is 0.354 e. The number of anilines is 1. The summed E-state index contributed by atoms with van der Waals surface area (Å²) in [5, 5.41) is 7.93. The van der Waals surface area contributed by atoms with E-state index in [-0.39, 0.29) is 10.5 Å². The van der Waals surface area contributed by atoms with Crippen molar-refractivity contribution < 1.29 is 13.2 Å². The lowest BCUT2D eigenvalue weighted by Gasteiger charge is -2.15. The monoisotopic (exact) mass is 480 g/mol. The highest BCUT2D eigenvalue weighted by molar-refractivity contribution is 7.90. The minimum Gasteiger partial charge on any atom is -0.354 e. The molecule has 0 unspecified atom stereocenters. The van der Waals surface area contributed by atoms with Gasteiger partial charge in [0.2, 0.25) is 17.5 Å². The molecule has 0 spiro atoms. The van der Waals surface area contributed by atoms with Gasteiger partial charge in [0.15, 0.2) is 0 Å². The van der Waals surface area contributed by atoms with E-state index in [1.807, 2.05) is 47.7 Å². The lowest BCUT2D eigenvalue weighted by Crippen LogP contribution is -2.38. The summed E-state index contributed by atoms with van der Waals surface area (Å²) >= 11 is 0. The quantitative estimate of drug-likeness (QED) is 0.578. The van der Waals surface area contributed by atoms with Gasteiger partial charge in [-0.25, -0.2) is 17.9 Å². The van der Waals surface area contributed by atoms with E-state index < -0.39 is 16.1 Å². The summed E-state index contributed by atoms with van der Waals surface area (Å²) in [6, 6.07) is 12.8. The van der Waals surface area contributed by atoms with Gasteiger partial charge in [-0.05, 0) is 38.1 Å². The van der Waals surface area contributed by atoms with Crippen molar-refractivity contribution in [2.75, 3.05) is 24.5 Å². The molecule has 176 valence electrons. The van der Waals surface area contributed by atoms with Crippen LogP contribution in [0.2, 0.25) is 0 Å². The van der Waals surface area contributed by atoms with Crippen LogP contribution in [0.25, 0.3) is 5.69 Å². The predicted molar refractivity (Wildman–Crippen MR) is 126 cm³/mol. The molecular weight excluding hydrogens is 456 g/mol. The number of rotatable bonds is 3. The minimum absolute atomic E-state index is 0.0110. The van der Waals surface area contributed by atoms with Gasteiger partial charge in [0.05, 0.1) is 17.1 Å². The van der Waals surface area contributed by atoms with Crippen LogP contribution in [-0.2, 0) is 16.6 Å². The van der Waals surface area contributed by atoms with Gasteiger partial charge in [0.25, 0.3) is 10.0 Å². The molecule has 2 amide bonds. The molecule has 12 heteroatoms. The zero-order valence-corrected chi connectivity index (χ0v) is 19.6. The van der Waals surface area contributed by atoms with Crippen molar-refractivity contribution >= 4 is 28.0 Å². The summed E-state index contributed by atoms with van der Waals surface area (Å²) in [5.74, 6) is 1.29. The van der Waals surface area contributed by atoms with Crippen molar-refractivity contribution in [2.45, 2.75) is 25.3 Å². The Morgan fingerprint density at radius 3 is 2.35 bits per heavy atom. The van der Waals surface area contributed by atoms with Crippen LogP contribution in [0, 0.1) is 13.8 Å². The Labute approximate surface area is 196 Å². The number of hydrogen-bond acceptors (Lipinski definition) is 7. The zero-order valence-electron chi connectivity index (χ0n) is 18.8. The molecule has 2 N–H and O–H groups in total. The van der Waals surface area contributed by atoms with Crippen molar-refractivity contribution in [1.29, 1.82) is 0 Å². The number of aryl methyl sites for hydroxylation is 2. The van der Waals surface area contributed by atoms with Gasteiger partial charge in [-0.3, -0.25) is 14.5 Å². The molecule has 0 radical (unpaired) electrons. The minimum atomic E-state index is -4.07. The van der Waals surface area contributed by atoms with Crippen LogP contribution in [-0.4, -0.2) is 54.4 Å². The summed E-state index contributed by atoms with van der Waals surface area (Å²) in [4.78, 5) is 23.3. The number of aliphatic imine (C=N–C) groups is 1. The first kappa shape index (κ1) is 21.9. The molecule has 11 nitrogen and oxygen atoms in total. The van der Waals surface area contributed by atoms with Crippen LogP contribution in [0.1, 0.15) is 11.1 Å². The fourth-order valence-corrected chi connectivity index (χ4v) is 4.72. The van der Waals surface area contributed by atoms with E-state index in [0.717, 1.165) is 23.6 Å². The number of aromatic nitrogens is 3. The summed E-state index contributed by atoms with van der Waals surface area (Å²) in [6.07, 6.45) is 0. The molecule has 0 fully saturated rings. The van der Waals surface area contributed by atoms with Gasteiger partial charge in [0.1, 0.15) is 0 Å². The number of nitrogens with one attached hydrogen (secondary N) is 2. The Morgan fingerprint density at radius 1 is 1.03 bits per heavy atom. The first-order chi connectivity index (χ1) is 16.3. The Hall–Kier alpha value is -3.93. The third-order valence-electron chi connectivity index (χ3n) is 5.60. The molecule has 2 aliphatic rings. The molecule has 0 aliphatic carbocycles. The van der Waals surface area contributed by atoms with Crippen LogP contribution in [0.15, 0.2) is 63.4 Å². The van der Waals surface area contributed by atoms with E-state index in [2.05, 4.69) is 15.3 Å². The maximum absolute atomic E-state index is 12.8. The number of hydrogen-bond donors (Lipinski definition) is 2. The fourth-order valence-electron chi connectivity index (χ4n) is 3.83. The van der Waals surface area contributed by atoms with E-state index in [9.17, 15) is 13.2 Å². The van der Waals surface area contributed by atoms with Gasteiger partial charge < -0.3 is 5.32 Å². The summed E-state index contributed by atoms with van der Waals surface area (Å²) in [7, 11) is -4.07. The topological polar surface area (TPSA) is 126 Å². The third-order valence-corrected chi connectivity index (χ3v) is 6.93. The first-order valence-corrected chi connectivity index (χ1v) is 12.3. The van der Waals surface area contributed by atoms with Crippen LogP contribution < -0.4 is 20.6 Å². The average Bonchev–Trinajstić information content (AvgIpc) is 3.52. The lowest BCUT2D eigenvalue weighted by atomic mass is 10.2. The molecular formula is C22H24N8O3S. The number of sulfonamides is 1. The van der Waals surface area contributed by atoms with E-state index >= 15 is 0 Å². The van der Waals surface area contributed by atoms with Gasteiger partial charge in [-0.1, -0.05) is 35.4 Å². The number of guanidine groups is 1. The predicted octanol–water partition coefficient (Wildman–Crippen LogP) is 1.07. The molecule has 1 aromatic heterocycles. The zero-order chi connectivity index (χ0) is 23.9. The highest BCUT2D eigenvalue weighted by atomic mass is 32.2. The Kier molecular flexibility index (Phi) is 5.44. The third kappa shape index (κ3) is 4.07. The van der Waals surface area contributed by atoms with E-state index in [4.69, 9.17) is 5.10 Å². The van der Waals surface area contributed by atoms with Crippen LogP contribution in [0.4, 0.5) is 10.7 Å². The lowest BCUT2D eigenvalue weighted by molar-refractivity contribution is 0.252. The van der Waals surface area contributed by atoms with Crippen molar-refractivity contribution in [1.82, 2.24) is 24.4 Å². The van der Waals surface area contributed by atoms with Crippen molar-refractivity contribution in [3.8, 4) is 5.69 Å². The normalized spacial score (nSPS) is 15.8. The fraction of sp³-hybridized carbons (Fsp3) is 0.273. The van der Waals surface area contributed by atoms with Crippen molar-refractivity contribution in [3.63, 3.8) is 0 Å². The molecule has 3 aromatic rings.